The van der Waals surface area contributed by atoms with Gasteiger partial charge < -0.3 is 10.6 Å². The Morgan fingerprint density at radius 2 is 2.15 bits per heavy atom. The van der Waals surface area contributed by atoms with E-state index in [1.165, 1.54) is 18.2 Å². The van der Waals surface area contributed by atoms with Gasteiger partial charge in [-0.05, 0) is 43.5 Å². The highest BCUT2D eigenvalue weighted by Crippen LogP contribution is 2.19. The van der Waals surface area contributed by atoms with Crippen LogP contribution in [0.2, 0.25) is 0 Å². The van der Waals surface area contributed by atoms with Crippen molar-refractivity contribution >= 4 is 22.9 Å². The van der Waals surface area contributed by atoms with Crippen molar-refractivity contribution in [2.24, 2.45) is 0 Å². The number of rotatable bonds is 4. The third kappa shape index (κ3) is 3.17. The Morgan fingerprint density at radius 1 is 1.40 bits per heavy atom. The SMILES string of the molecule is CC(C)N(Cc1cccs1)C(=O)c1ccc(F)c(N)c1. The Hall–Kier alpha value is -1.88. The summed E-state index contributed by atoms with van der Waals surface area (Å²) >= 11 is 1.61. The molecule has 1 aromatic heterocycles. The van der Waals surface area contributed by atoms with Gasteiger partial charge in [-0.3, -0.25) is 4.79 Å². The van der Waals surface area contributed by atoms with Crippen LogP contribution in [0.3, 0.4) is 0 Å². The Balaban J connectivity index is 2.24. The molecule has 0 radical (unpaired) electrons. The summed E-state index contributed by atoms with van der Waals surface area (Å²) in [5.74, 6) is -0.643. The molecule has 2 aromatic rings. The highest BCUT2D eigenvalue weighted by molar-refractivity contribution is 7.09. The van der Waals surface area contributed by atoms with Crippen molar-refractivity contribution in [3.63, 3.8) is 0 Å². The number of carbonyl (C=O) groups excluding carboxylic acids is 1. The largest absolute Gasteiger partial charge is 0.396 e. The molecule has 0 bridgehead atoms. The molecule has 106 valence electrons. The molecule has 5 heteroatoms. The molecule has 20 heavy (non-hydrogen) atoms. The summed E-state index contributed by atoms with van der Waals surface area (Å²) in [6.07, 6.45) is 0. The van der Waals surface area contributed by atoms with E-state index in [0.717, 1.165) is 4.88 Å². The number of hydrogen-bond acceptors (Lipinski definition) is 3. The van der Waals surface area contributed by atoms with Gasteiger partial charge in [0.05, 0.1) is 12.2 Å². The van der Waals surface area contributed by atoms with Crippen LogP contribution < -0.4 is 5.73 Å². The van der Waals surface area contributed by atoms with Crippen molar-refractivity contribution in [1.82, 2.24) is 4.90 Å². The van der Waals surface area contributed by atoms with E-state index in [0.29, 0.717) is 12.1 Å². The molecule has 0 aliphatic rings. The summed E-state index contributed by atoms with van der Waals surface area (Å²) in [4.78, 5) is 15.4. The van der Waals surface area contributed by atoms with Gasteiger partial charge in [-0.15, -0.1) is 11.3 Å². The van der Waals surface area contributed by atoms with Crippen LogP contribution in [0.15, 0.2) is 35.7 Å². The lowest BCUT2D eigenvalue weighted by Crippen LogP contribution is -2.36. The molecule has 1 heterocycles. The lowest BCUT2D eigenvalue weighted by molar-refractivity contribution is 0.0692. The number of halogens is 1. The van der Waals surface area contributed by atoms with Crippen LogP contribution in [0.25, 0.3) is 0 Å². The maximum atomic E-state index is 13.2. The predicted octanol–water partition coefficient (Wildman–Crippen LogP) is 3.52. The third-order valence-electron chi connectivity index (χ3n) is 3.03. The van der Waals surface area contributed by atoms with Gasteiger partial charge >= 0.3 is 0 Å². The zero-order valence-corrected chi connectivity index (χ0v) is 12.3. The molecule has 0 fully saturated rings. The van der Waals surface area contributed by atoms with Gasteiger partial charge in [0.25, 0.3) is 5.91 Å². The number of hydrogen-bond donors (Lipinski definition) is 1. The van der Waals surface area contributed by atoms with Gasteiger partial charge in [-0.25, -0.2) is 4.39 Å². The monoisotopic (exact) mass is 292 g/mol. The Labute approximate surface area is 121 Å². The summed E-state index contributed by atoms with van der Waals surface area (Å²) in [6, 6.07) is 8.09. The van der Waals surface area contributed by atoms with Crippen LogP contribution in [0.4, 0.5) is 10.1 Å². The van der Waals surface area contributed by atoms with E-state index in [2.05, 4.69) is 0 Å². The smallest absolute Gasteiger partial charge is 0.254 e. The van der Waals surface area contributed by atoms with E-state index in [4.69, 9.17) is 5.73 Å². The Kier molecular flexibility index (Phi) is 4.39. The van der Waals surface area contributed by atoms with Crippen molar-refractivity contribution < 1.29 is 9.18 Å². The molecule has 2 N–H and O–H groups in total. The van der Waals surface area contributed by atoms with Crippen molar-refractivity contribution in [3.05, 3.63) is 52.0 Å². The van der Waals surface area contributed by atoms with Crippen LogP contribution in [0.1, 0.15) is 29.1 Å². The Bertz CT molecular complexity index is 596. The summed E-state index contributed by atoms with van der Waals surface area (Å²) in [5.41, 5.74) is 5.93. The van der Waals surface area contributed by atoms with Crippen molar-refractivity contribution in [2.75, 3.05) is 5.73 Å². The zero-order chi connectivity index (χ0) is 14.7. The van der Waals surface area contributed by atoms with Crippen molar-refractivity contribution in [3.8, 4) is 0 Å². The first kappa shape index (κ1) is 14.5. The van der Waals surface area contributed by atoms with Crippen LogP contribution >= 0.6 is 11.3 Å². The molecule has 1 amide bonds. The summed E-state index contributed by atoms with van der Waals surface area (Å²) < 4.78 is 13.2. The molecule has 0 aliphatic carbocycles. The van der Waals surface area contributed by atoms with E-state index >= 15 is 0 Å². The van der Waals surface area contributed by atoms with Gasteiger partial charge in [-0.1, -0.05) is 6.07 Å². The van der Waals surface area contributed by atoms with E-state index in [-0.39, 0.29) is 17.6 Å². The minimum atomic E-state index is -0.504. The Morgan fingerprint density at radius 3 is 2.70 bits per heavy atom. The molecule has 0 spiro atoms. The lowest BCUT2D eigenvalue weighted by atomic mass is 10.1. The predicted molar refractivity (Wildman–Crippen MR) is 80.1 cm³/mol. The highest BCUT2D eigenvalue weighted by atomic mass is 32.1. The second kappa shape index (κ2) is 6.05. The van der Waals surface area contributed by atoms with E-state index in [1.54, 1.807) is 16.2 Å². The second-order valence-corrected chi connectivity index (χ2v) is 5.87. The number of anilines is 1. The zero-order valence-electron chi connectivity index (χ0n) is 11.5. The van der Waals surface area contributed by atoms with Crippen LogP contribution in [-0.2, 0) is 6.54 Å². The molecular weight excluding hydrogens is 275 g/mol. The maximum Gasteiger partial charge on any atom is 0.254 e. The van der Waals surface area contributed by atoms with Crippen LogP contribution in [-0.4, -0.2) is 16.8 Å². The fraction of sp³-hybridized carbons (Fsp3) is 0.267. The van der Waals surface area contributed by atoms with Gasteiger partial charge in [0.15, 0.2) is 0 Å². The van der Waals surface area contributed by atoms with Crippen LogP contribution in [0, 0.1) is 5.82 Å². The standard InChI is InChI=1S/C15H17FN2OS/c1-10(2)18(9-12-4-3-7-20-12)15(19)11-5-6-13(16)14(17)8-11/h3-8,10H,9,17H2,1-2H3. The molecule has 0 saturated carbocycles. The minimum absolute atomic E-state index is 0.00400. The first-order valence-corrected chi connectivity index (χ1v) is 7.25. The number of thiophene rings is 1. The van der Waals surface area contributed by atoms with Crippen molar-refractivity contribution in [1.29, 1.82) is 0 Å². The topological polar surface area (TPSA) is 46.3 Å². The fourth-order valence-electron chi connectivity index (χ4n) is 1.90. The molecule has 0 atom stereocenters. The molecule has 3 nitrogen and oxygen atoms in total. The van der Waals surface area contributed by atoms with Gasteiger partial charge in [0.1, 0.15) is 5.82 Å². The molecular formula is C15H17FN2OS. The van der Waals surface area contributed by atoms with E-state index in [9.17, 15) is 9.18 Å². The number of nitrogens with zero attached hydrogens (tertiary/aromatic N) is 1. The number of nitrogen functional groups attached to an aromatic ring is 1. The normalized spacial score (nSPS) is 10.8. The third-order valence-corrected chi connectivity index (χ3v) is 3.89. The van der Waals surface area contributed by atoms with Crippen molar-refractivity contribution in [2.45, 2.75) is 26.4 Å². The average Bonchev–Trinajstić information content (AvgIpc) is 2.91. The van der Waals surface area contributed by atoms with Gasteiger partial charge in [0, 0.05) is 16.5 Å². The maximum absolute atomic E-state index is 13.2. The van der Waals surface area contributed by atoms with Crippen LogP contribution in [0.5, 0.6) is 0 Å². The minimum Gasteiger partial charge on any atom is -0.396 e. The average molecular weight is 292 g/mol. The van der Waals surface area contributed by atoms with Gasteiger partial charge in [-0.2, -0.15) is 0 Å². The molecule has 0 aliphatic heterocycles. The quantitative estimate of drug-likeness (QED) is 0.876. The van der Waals surface area contributed by atoms with E-state index in [1.807, 2.05) is 31.4 Å². The summed E-state index contributed by atoms with van der Waals surface area (Å²) in [5, 5.41) is 1.98. The first-order chi connectivity index (χ1) is 9.49. The van der Waals surface area contributed by atoms with Gasteiger partial charge in [0.2, 0.25) is 0 Å². The number of carbonyl (C=O) groups is 1. The fourth-order valence-corrected chi connectivity index (χ4v) is 2.60. The number of nitrogens with two attached hydrogens (primary N) is 1. The molecule has 1 aromatic carbocycles. The number of benzene rings is 1. The van der Waals surface area contributed by atoms with E-state index < -0.39 is 5.82 Å². The summed E-state index contributed by atoms with van der Waals surface area (Å²) in [7, 11) is 0. The highest BCUT2D eigenvalue weighted by Gasteiger charge is 2.20. The summed E-state index contributed by atoms with van der Waals surface area (Å²) in [6.45, 7) is 4.46. The second-order valence-electron chi connectivity index (χ2n) is 4.84. The molecule has 0 saturated heterocycles. The number of amides is 1. The lowest BCUT2D eigenvalue weighted by Gasteiger charge is -2.26. The molecule has 2 rings (SSSR count). The first-order valence-electron chi connectivity index (χ1n) is 6.37. The molecule has 0 unspecified atom stereocenters.